The van der Waals surface area contributed by atoms with Crippen LogP contribution in [0.3, 0.4) is 0 Å². The van der Waals surface area contributed by atoms with E-state index in [2.05, 4.69) is 46.3 Å². The van der Waals surface area contributed by atoms with Crippen LogP contribution in [0.5, 0.6) is 0 Å². The highest BCUT2D eigenvalue weighted by Crippen LogP contribution is 2.32. The molecule has 3 heterocycles. The number of carbonyl (C=O) groups excluding carboxylic acids is 1. The highest BCUT2D eigenvalue weighted by atomic mass is 79.9. The number of pyridine rings is 1. The summed E-state index contributed by atoms with van der Waals surface area (Å²) in [6.45, 7) is 1.62. The molecule has 0 aliphatic rings. The number of rotatable bonds is 5. The summed E-state index contributed by atoms with van der Waals surface area (Å²) in [5.41, 5.74) is -0.728. The van der Waals surface area contributed by atoms with E-state index in [-0.39, 0.29) is 21.7 Å². The molecular formula is C21H14BrClF3N7O. The number of hydrogen-bond acceptors (Lipinski definition) is 6. The second-order valence-corrected chi connectivity index (χ2v) is 8.40. The Hall–Kier alpha value is -3.38. The molecule has 1 unspecified atom stereocenters. The third kappa shape index (κ3) is 5.23. The zero-order chi connectivity index (χ0) is 24.5. The Morgan fingerprint density at radius 3 is 2.59 bits per heavy atom. The van der Waals surface area contributed by atoms with Crippen LogP contribution in [0.15, 0.2) is 59.6 Å². The van der Waals surface area contributed by atoms with Crippen molar-refractivity contribution in [2.24, 2.45) is 0 Å². The van der Waals surface area contributed by atoms with Crippen LogP contribution in [0, 0.1) is 0 Å². The maximum Gasteiger partial charge on any atom is 0.416 e. The number of amides is 1. The van der Waals surface area contributed by atoms with Crippen molar-refractivity contribution in [2.45, 2.75) is 19.1 Å². The van der Waals surface area contributed by atoms with E-state index in [1.54, 1.807) is 19.1 Å². The van der Waals surface area contributed by atoms with Gasteiger partial charge in [0.15, 0.2) is 11.6 Å². The fourth-order valence-electron chi connectivity index (χ4n) is 3.02. The third-order valence-electron chi connectivity index (χ3n) is 4.58. The van der Waals surface area contributed by atoms with Crippen molar-refractivity contribution in [1.82, 2.24) is 35.0 Å². The van der Waals surface area contributed by atoms with Crippen molar-refractivity contribution in [3.8, 4) is 17.3 Å². The molecule has 1 amide bonds. The molecule has 4 rings (SSSR count). The lowest BCUT2D eigenvalue weighted by atomic mass is 10.1. The van der Waals surface area contributed by atoms with Crippen LogP contribution < -0.4 is 5.32 Å². The third-order valence-corrected chi connectivity index (χ3v) is 5.26. The van der Waals surface area contributed by atoms with Crippen LogP contribution in [0.4, 0.5) is 13.2 Å². The molecule has 0 aliphatic carbocycles. The Kier molecular flexibility index (Phi) is 6.62. The van der Waals surface area contributed by atoms with Gasteiger partial charge in [-0.3, -0.25) is 9.78 Å². The van der Waals surface area contributed by atoms with E-state index in [4.69, 9.17) is 11.6 Å². The minimum Gasteiger partial charge on any atom is -0.342 e. The lowest BCUT2D eigenvalue weighted by Crippen LogP contribution is -2.29. The summed E-state index contributed by atoms with van der Waals surface area (Å²) in [5, 5.41) is 7.51. The number of alkyl halides is 3. The first-order valence-corrected chi connectivity index (χ1v) is 10.8. The number of halogens is 5. The average molecular weight is 553 g/mol. The van der Waals surface area contributed by atoms with Crippen molar-refractivity contribution in [2.75, 3.05) is 0 Å². The van der Waals surface area contributed by atoms with Gasteiger partial charge in [-0.25, -0.2) is 15.0 Å². The van der Waals surface area contributed by atoms with E-state index in [0.717, 1.165) is 12.1 Å². The molecule has 0 aliphatic heterocycles. The summed E-state index contributed by atoms with van der Waals surface area (Å²) in [6, 6.07) is 5.43. The number of benzene rings is 1. The Morgan fingerprint density at radius 1 is 1.15 bits per heavy atom. The average Bonchev–Trinajstić information content (AvgIpc) is 3.25. The van der Waals surface area contributed by atoms with E-state index in [0.29, 0.717) is 16.5 Å². The molecule has 8 nitrogen and oxygen atoms in total. The molecule has 1 aromatic carbocycles. The van der Waals surface area contributed by atoms with Gasteiger partial charge in [-0.15, -0.1) is 5.10 Å². The monoisotopic (exact) mass is 551 g/mol. The van der Waals surface area contributed by atoms with Gasteiger partial charge in [0.25, 0.3) is 5.91 Å². The van der Waals surface area contributed by atoms with E-state index in [1.165, 1.54) is 35.5 Å². The molecule has 0 saturated heterocycles. The maximum absolute atomic E-state index is 13.2. The summed E-state index contributed by atoms with van der Waals surface area (Å²) < 4.78 is 41.0. The molecule has 0 fully saturated rings. The number of nitrogens with zero attached hydrogens (tertiary/aromatic N) is 6. The largest absolute Gasteiger partial charge is 0.416 e. The summed E-state index contributed by atoms with van der Waals surface area (Å²) >= 11 is 8.95. The smallest absolute Gasteiger partial charge is 0.342 e. The molecule has 0 saturated carbocycles. The molecular weight excluding hydrogens is 539 g/mol. The van der Waals surface area contributed by atoms with Gasteiger partial charge >= 0.3 is 6.18 Å². The van der Waals surface area contributed by atoms with Gasteiger partial charge < -0.3 is 5.32 Å². The van der Waals surface area contributed by atoms with Gasteiger partial charge in [-0.05, 0) is 37.3 Å². The van der Waals surface area contributed by atoms with Crippen molar-refractivity contribution in [1.29, 1.82) is 0 Å². The number of hydrogen-bond donors (Lipinski definition) is 1. The van der Waals surface area contributed by atoms with E-state index < -0.39 is 23.7 Å². The Labute approximate surface area is 204 Å². The van der Waals surface area contributed by atoms with Crippen molar-refractivity contribution < 1.29 is 18.0 Å². The molecule has 0 radical (unpaired) electrons. The summed E-state index contributed by atoms with van der Waals surface area (Å²) in [5.74, 6) is 0.140. The zero-order valence-electron chi connectivity index (χ0n) is 17.3. The normalized spacial score (nSPS) is 12.4. The molecule has 3 aromatic heterocycles. The Morgan fingerprint density at radius 2 is 1.94 bits per heavy atom. The molecule has 0 spiro atoms. The topological polar surface area (TPSA) is 98.5 Å². The molecule has 4 aromatic rings. The zero-order valence-corrected chi connectivity index (χ0v) is 19.6. The fraction of sp³-hybridized carbons (Fsp3) is 0.143. The molecule has 34 heavy (non-hydrogen) atoms. The van der Waals surface area contributed by atoms with Crippen LogP contribution in [0.25, 0.3) is 17.3 Å². The maximum atomic E-state index is 13.2. The molecule has 1 atom stereocenters. The van der Waals surface area contributed by atoms with Gasteiger partial charge in [0, 0.05) is 28.6 Å². The number of nitrogens with one attached hydrogen (secondary N) is 1. The second-order valence-electron chi connectivity index (χ2n) is 7.05. The highest BCUT2D eigenvalue weighted by Gasteiger charge is 2.32. The predicted molar refractivity (Wildman–Crippen MR) is 120 cm³/mol. The number of aromatic nitrogens is 6. The lowest BCUT2D eigenvalue weighted by molar-refractivity contribution is -0.137. The minimum absolute atomic E-state index is 0.124. The predicted octanol–water partition coefficient (Wildman–Crippen LogP) is 5.05. The molecule has 174 valence electrons. The van der Waals surface area contributed by atoms with Gasteiger partial charge in [0.2, 0.25) is 5.82 Å². The van der Waals surface area contributed by atoms with E-state index in [1.807, 2.05) is 0 Å². The van der Waals surface area contributed by atoms with Gasteiger partial charge in [0.05, 0.1) is 22.8 Å². The molecule has 1 N–H and O–H groups in total. The van der Waals surface area contributed by atoms with Crippen molar-refractivity contribution in [3.05, 3.63) is 81.6 Å². The fourth-order valence-corrected chi connectivity index (χ4v) is 3.62. The van der Waals surface area contributed by atoms with Crippen molar-refractivity contribution in [3.63, 3.8) is 0 Å². The first kappa shape index (κ1) is 23.8. The quantitative estimate of drug-likeness (QED) is 0.372. The van der Waals surface area contributed by atoms with Crippen LogP contribution in [-0.4, -0.2) is 35.6 Å². The number of carbonyl (C=O) groups is 1. The van der Waals surface area contributed by atoms with E-state index in [9.17, 15) is 18.0 Å². The van der Waals surface area contributed by atoms with Gasteiger partial charge in [-0.2, -0.15) is 17.9 Å². The minimum atomic E-state index is -4.60. The van der Waals surface area contributed by atoms with E-state index >= 15 is 0 Å². The summed E-state index contributed by atoms with van der Waals surface area (Å²) in [6.07, 6.45) is 1.28. The molecule has 0 bridgehead atoms. The van der Waals surface area contributed by atoms with Crippen LogP contribution in [0.2, 0.25) is 5.02 Å². The van der Waals surface area contributed by atoms with Gasteiger partial charge in [0.1, 0.15) is 5.69 Å². The highest BCUT2D eigenvalue weighted by molar-refractivity contribution is 9.10. The van der Waals surface area contributed by atoms with Crippen LogP contribution >= 0.6 is 27.5 Å². The summed E-state index contributed by atoms with van der Waals surface area (Å²) in [7, 11) is 0. The summed E-state index contributed by atoms with van der Waals surface area (Å²) in [4.78, 5) is 29.7. The second kappa shape index (κ2) is 9.47. The Balaban J connectivity index is 1.69. The van der Waals surface area contributed by atoms with Crippen LogP contribution in [-0.2, 0) is 6.18 Å². The standard InChI is InChI=1S/C21H14BrClF3N7O/c1-11(30-20(34)12-6-13(21(24,25)26)8-14(22)7-12)19-31-18(16-10-27-4-5-28-16)32-33(19)17-3-2-15(23)9-29-17/h2-11H,1H3,(H,30,34). The Bertz CT molecular complexity index is 1330. The first-order valence-electron chi connectivity index (χ1n) is 9.66. The molecule has 13 heteroatoms. The van der Waals surface area contributed by atoms with Crippen molar-refractivity contribution >= 4 is 33.4 Å². The van der Waals surface area contributed by atoms with Crippen LogP contribution in [0.1, 0.15) is 34.7 Å². The SMILES string of the molecule is CC(NC(=O)c1cc(Br)cc(C(F)(F)F)c1)c1nc(-c2cnccn2)nn1-c1ccc(Cl)cn1. The first-order chi connectivity index (χ1) is 16.1. The lowest BCUT2D eigenvalue weighted by Gasteiger charge is -2.15. The van der Waals surface area contributed by atoms with Gasteiger partial charge in [-0.1, -0.05) is 27.5 Å².